The van der Waals surface area contributed by atoms with E-state index >= 15 is 0 Å². The third kappa shape index (κ3) is 3.80. The SMILES string of the molecule is COC(=O)c1c(C)nc2sc(OC)c(CC(C)C)c2c1-c1cccc([N+](=O)[O-])c1. The average molecular weight is 414 g/mol. The number of hydrogen-bond donors (Lipinski definition) is 0. The summed E-state index contributed by atoms with van der Waals surface area (Å²) in [4.78, 5) is 28.9. The number of esters is 1. The van der Waals surface area contributed by atoms with E-state index in [9.17, 15) is 14.9 Å². The first-order chi connectivity index (χ1) is 13.8. The minimum atomic E-state index is -0.529. The smallest absolute Gasteiger partial charge is 0.340 e. The highest BCUT2D eigenvalue weighted by Crippen LogP contribution is 2.45. The van der Waals surface area contributed by atoms with Crippen LogP contribution in [0.5, 0.6) is 5.06 Å². The molecule has 0 saturated carbocycles. The van der Waals surface area contributed by atoms with Gasteiger partial charge in [-0.05, 0) is 24.8 Å². The van der Waals surface area contributed by atoms with Crippen LogP contribution in [0.15, 0.2) is 24.3 Å². The van der Waals surface area contributed by atoms with Crippen molar-refractivity contribution in [3.63, 3.8) is 0 Å². The van der Waals surface area contributed by atoms with Crippen molar-refractivity contribution in [1.82, 2.24) is 4.98 Å². The minimum Gasteiger partial charge on any atom is -0.487 e. The number of non-ortho nitro benzene ring substituents is 1. The number of fused-ring (bicyclic) bond motifs is 1. The molecule has 3 aromatic rings. The number of thiophene rings is 1. The van der Waals surface area contributed by atoms with Crippen LogP contribution >= 0.6 is 11.3 Å². The van der Waals surface area contributed by atoms with E-state index in [1.807, 2.05) is 0 Å². The Hall–Kier alpha value is -3.00. The molecule has 0 aliphatic carbocycles. The average Bonchev–Trinajstić information content (AvgIpc) is 3.02. The quantitative estimate of drug-likeness (QED) is 0.314. The Kier molecular flexibility index (Phi) is 5.83. The Labute approximate surface area is 172 Å². The summed E-state index contributed by atoms with van der Waals surface area (Å²) in [5, 5.41) is 12.9. The van der Waals surface area contributed by atoms with E-state index in [4.69, 9.17) is 9.47 Å². The fraction of sp³-hybridized carbons (Fsp3) is 0.333. The van der Waals surface area contributed by atoms with Crippen molar-refractivity contribution >= 4 is 33.2 Å². The molecule has 2 aromatic heterocycles. The van der Waals surface area contributed by atoms with Gasteiger partial charge in [-0.3, -0.25) is 10.1 Å². The van der Waals surface area contributed by atoms with E-state index in [1.54, 1.807) is 26.2 Å². The number of aromatic nitrogens is 1. The molecule has 7 nitrogen and oxygen atoms in total. The second kappa shape index (κ2) is 8.16. The van der Waals surface area contributed by atoms with Crippen molar-refractivity contribution in [3.8, 4) is 16.2 Å². The number of ether oxygens (including phenoxy) is 2. The Morgan fingerprint density at radius 3 is 2.62 bits per heavy atom. The van der Waals surface area contributed by atoms with E-state index in [0.29, 0.717) is 28.3 Å². The zero-order valence-corrected chi connectivity index (χ0v) is 17.8. The summed E-state index contributed by atoms with van der Waals surface area (Å²) < 4.78 is 10.6. The van der Waals surface area contributed by atoms with Gasteiger partial charge in [-0.25, -0.2) is 9.78 Å². The van der Waals surface area contributed by atoms with Crippen LogP contribution in [-0.4, -0.2) is 30.1 Å². The van der Waals surface area contributed by atoms with Gasteiger partial charge in [0.2, 0.25) is 0 Å². The highest BCUT2D eigenvalue weighted by Gasteiger charge is 2.27. The van der Waals surface area contributed by atoms with Gasteiger partial charge in [-0.2, -0.15) is 0 Å². The molecule has 8 heteroatoms. The van der Waals surface area contributed by atoms with Crippen LogP contribution in [0.2, 0.25) is 0 Å². The number of hydrogen-bond acceptors (Lipinski definition) is 7. The molecular formula is C21H22N2O5S. The van der Waals surface area contributed by atoms with Crippen molar-refractivity contribution < 1.29 is 19.2 Å². The number of carbonyl (C=O) groups is 1. The molecule has 0 aliphatic rings. The minimum absolute atomic E-state index is 0.0477. The second-order valence-electron chi connectivity index (χ2n) is 7.10. The molecule has 29 heavy (non-hydrogen) atoms. The number of pyridine rings is 1. The summed E-state index contributed by atoms with van der Waals surface area (Å²) in [7, 11) is 2.92. The zero-order valence-electron chi connectivity index (χ0n) is 16.9. The molecule has 0 bridgehead atoms. The van der Waals surface area contributed by atoms with Crippen LogP contribution in [-0.2, 0) is 11.2 Å². The third-order valence-corrected chi connectivity index (χ3v) is 5.70. The molecule has 0 N–H and O–H groups in total. The molecule has 1 aromatic carbocycles. The summed E-state index contributed by atoms with van der Waals surface area (Å²) in [6, 6.07) is 6.28. The second-order valence-corrected chi connectivity index (χ2v) is 8.06. The molecule has 152 valence electrons. The van der Waals surface area contributed by atoms with E-state index in [2.05, 4.69) is 18.8 Å². The molecule has 3 rings (SSSR count). The summed E-state index contributed by atoms with van der Waals surface area (Å²) in [5.41, 5.74) is 2.88. The number of aryl methyl sites for hydroxylation is 1. The van der Waals surface area contributed by atoms with Gasteiger partial charge in [0.05, 0.1) is 30.4 Å². The Balaban J connectivity index is 2.49. The van der Waals surface area contributed by atoms with Gasteiger partial charge in [0.25, 0.3) is 5.69 Å². The van der Waals surface area contributed by atoms with Gasteiger partial charge in [0.1, 0.15) is 4.83 Å². The summed E-state index contributed by atoms with van der Waals surface area (Å²) in [6.45, 7) is 5.93. The van der Waals surface area contributed by atoms with Crippen LogP contribution in [0.25, 0.3) is 21.3 Å². The van der Waals surface area contributed by atoms with E-state index < -0.39 is 10.9 Å². The van der Waals surface area contributed by atoms with Gasteiger partial charge in [0.15, 0.2) is 5.06 Å². The first-order valence-electron chi connectivity index (χ1n) is 9.11. The summed E-state index contributed by atoms with van der Waals surface area (Å²) in [5.74, 6) is -0.193. The Bertz CT molecular complexity index is 1100. The molecule has 0 atom stereocenters. The first-order valence-corrected chi connectivity index (χ1v) is 9.93. The number of nitro benzene ring substituents is 1. The normalized spacial score (nSPS) is 11.1. The van der Waals surface area contributed by atoms with Crippen molar-refractivity contribution in [2.75, 3.05) is 14.2 Å². The standard InChI is InChI=1S/C21H22N2O5S/c1-11(2)9-15-18-17(13-7-6-8-14(10-13)23(25)26)16(20(24)27-4)12(3)22-19(18)29-21(15)28-5/h6-8,10-11H,9H2,1-5H3. The van der Waals surface area contributed by atoms with Crippen molar-refractivity contribution in [3.05, 3.63) is 51.2 Å². The Morgan fingerprint density at radius 1 is 1.31 bits per heavy atom. The Morgan fingerprint density at radius 2 is 2.03 bits per heavy atom. The van der Waals surface area contributed by atoms with E-state index in [-0.39, 0.29) is 5.69 Å². The zero-order chi connectivity index (χ0) is 21.3. The topological polar surface area (TPSA) is 91.6 Å². The van der Waals surface area contributed by atoms with Gasteiger partial charge in [0, 0.05) is 28.6 Å². The molecule has 0 radical (unpaired) electrons. The predicted octanol–water partition coefficient (Wildman–Crippen LogP) is 5.17. The first kappa shape index (κ1) is 20.7. The molecule has 0 aliphatic heterocycles. The number of carbonyl (C=O) groups excluding carboxylic acids is 1. The molecule has 0 amide bonds. The van der Waals surface area contributed by atoms with Crippen molar-refractivity contribution in [2.24, 2.45) is 5.92 Å². The van der Waals surface area contributed by atoms with Crippen LogP contribution < -0.4 is 4.74 Å². The summed E-state index contributed by atoms with van der Waals surface area (Å²) in [6.07, 6.45) is 0.719. The maximum absolute atomic E-state index is 12.7. The molecule has 0 fully saturated rings. The van der Waals surface area contributed by atoms with Crippen molar-refractivity contribution in [1.29, 1.82) is 0 Å². The molecule has 2 heterocycles. The molecule has 0 spiro atoms. The molecule has 0 saturated heterocycles. The third-order valence-electron chi connectivity index (χ3n) is 4.62. The maximum Gasteiger partial charge on any atom is 0.340 e. The van der Waals surface area contributed by atoms with Gasteiger partial charge in [-0.15, -0.1) is 0 Å². The van der Waals surface area contributed by atoms with Crippen LogP contribution in [0.4, 0.5) is 5.69 Å². The lowest BCUT2D eigenvalue weighted by atomic mass is 9.92. The highest BCUT2D eigenvalue weighted by molar-refractivity contribution is 7.20. The lowest BCUT2D eigenvalue weighted by Gasteiger charge is -2.15. The number of benzene rings is 1. The van der Waals surface area contributed by atoms with Gasteiger partial charge in [-0.1, -0.05) is 37.3 Å². The monoisotopic (exact) mass is 414 g/mol. The fourth-order valence-electron chi connectivity index (χ4n) is 3.46. The van der Waals surface area contributed by atoms with Gasteiger partial charge < -0.3 is 9.47 Å². The number of nitro groups is 1. The van der Waals surface area contributed by atoms with Crippen LogP contribution in [0.1, 0.15) is 35.5 Å². The largest absolute Gasteiger partial charge is 0.487 e. The van der Waals surface area contributed by atoms with Crippen molar-refractivity contribution in [2.45, 2.75) is 27.2 Å². The van der Waals surface area contributed by atoms with Gasteiger partial charge >= 0.3 is 5.97 Å². The molecular weight excluding hydrogens is 392 g/mol. The number of rotatable bonds is 6. The maximum atomic E-state index is 12.7. The number of methoxy groups -OCH3 is 2. The van der Waals surface area contributed by atoms with E-state index in [0.717, 1.165) is 27.3 Å². The highest BCUT2D eigenvalue weighted by atomic mass is 32.1. The predicted molar refractivity (Wildman–Crippen MR) is 113 cm³/mol. The van der Waals surface area contributed by atoms with E-state index in [1.165, 1.54) is 30.6 Å². The molecule has 0 unspecified atom stereocenters. The van der Waals surface area contributed by atoms with Crippen LogP contribution in [0.3, 0.4) is 0 Å². The summed E-state index contributed by atoms with van der Waals surface area (Å²) >= 11 is 1.41. The van der Waals surface area contributed by atoms with Crippen LogP contribution in [0, 0.1) is 23.0 Å². The fourth-order valence-corrected chi connectivity index (χ4v) is 4.53. The lowest BCUT2D eigenvalue weighted by Crippen LogP contribution is -2.09. The lowest BCUT2D eigenvalue weighted by molar-refractivity contribution is -0.384. The number of nitrogens with zero attached hydrogens (tertiary/aromatic N) is 2.